The third-order valence-corrected chi connectivity index (χ3v) is 5.54. The minimum atomic E-state index is -0.300. The zero-order valence-electron chi connectivity index (χ0n) is 18.1. The summed E-state index contributed by atoms with van der Waals surface area (Å²) >= 11 is 0. The van der Waals surface area contributed by atoms with E-state index in [1.54, 1.807) is 11.7 Å². The average molecular weight is 422 g/mol. The van der Waals surface area contributed by atoms with Crippen LogP contribution in [-0.4, -0.2) is 51.2 Å². The summed E-state index contributed by atoms with van der Waals surface area (Å²) in [6, 6.07) is 11.4. The molecule has 1 fully saturated rings. The smallest absolute Gasteiger partial charge is 0.258 e. The lowest BCUT2D eigenvalue weighted by molar-refractivity contribution is -0.129. The molecule has 0 radical (unpaired) electrons. The number of carbonyl (C=O) groups is 2. The third kappa shape index (κ3) is 4.52. The van der Waals surface area contributed by atoms with E-state index in [9.17, 15) is 9.59 Å². The fourth-order valence-electron chi connectivity index (χ4n) is 4.06. The zero-order valence-corrected chi connectivity index (χ0v) is 18.1. The van der Waals surface area contributed by atoms with Gasteiger partial charge in [-0.25, -0.2) is 9.67 Å². The summed E-state index contributed by atoms with van der Waals surface area (Å²) < 4.78 is 7.45. The number of hydrogen-bond donors (Lipinski definition) is 1. The molecule has 1 aliphatic heterocycles. The standard InChI is InChI=1S/C23H27N5O3/c1-15-12-16(2)24-22-21(15)23(26-27(22)3)31-14-19(29)25-18(17-8-5-4-6-9-17)13-28-11-7-10-20(28)30/h4-6,8-9,12,18H,7,10-11,13-14H2,1-3H3,(H,25,29). The van der Waals surface area contributed by atoms with Gasteiger partial charge >= 0.3 is 0 Å². The van der Waals surface area contributed by atoms with Crippen LogP contribution >= 0.6 is 0 Å². The SMILES string of the molecule is Cc1cc(C)c2c(OCC(=O)NC(CN3CCCC3=O)c3ccccc3)nn(C)c2n1. The number of rotatable bonds is 7. The lowest BCUT2D eigenvalue weighted by Gasteiger charge is -2.25. The van der Waals surface area contributed by atoms with E-state index in [2.05, 4.69) is 15.4 Å². The first-order chi connectivity index (χ1) is 14.9. The van der Waals surface area contributed by atoms with Gasteiger partial charge in [-0.1, -0.05) is 30.3 Å². The Morgan fingerprint density at radius 1 is 1.26 bits per heavy atom. The van der Waals surface area contributed by atoms with Gasteiger partial charge in [0.05, 0.1) is 11.4 Å². The fourth-order valence-corrected chi connectivity index (χ4v) is 4.06. The number of hydrogen-bond acceptors (Lipinski definition) is 5. The molecule has 0 saturated carbocycles. The van der Waals surface area contributed by atoms with Gasteiger partial charge in [-0.05, 0) is 37.5 Å². The van der Waals surface area contributed by atoms with Crippen LogP contribution in [0.1, 0.15) is 35.7 Å². The van der Waals surface area contributed by atoms with Gasteiger partial charge in [0, 0.05) is 32.3 Å². The number of amides is 2. The van der Waals surface area contributed by atoms with E-state index in [0.29, 0.717) is 18.8 Å². The predicted octanol–water partition coefficient (Wildman–Crippen LogP) is 2.44. The molecule has 3 heterocycles. The maximum Gasteiger partial charge on any atom is 0.258 e. The van der Waals surface area contributed by atoms with Gasteiger partial charge in [-0.15, -0.1) is 5.10 Å². The normalized spacial score (nSPS) is 14.8. The minimum absolute atomic E-state index is 0.129. The molecule has 2 aromatic heterocycles. The van der Waals surface area contributed by atoms with Crippen LogP contribution in [0, 0.1) is 13.8 Å². The summed E-state index contributed by atoms with van der Waals surface area (Å²) in [6.45, 7) is 4.91. The highest BCUT2D eigenvalue weighted by Crippen LogP contribution is 2.27. The van der Waals surface area contributed by atoms with Gasteiger partial charge in [-0.3, -0.25) is 9.59 Å². The third-order valence-electron chi connectivity index (χ3n) is 5.54. The van der Waals surface area contributed by atoms with E-state index in [1.165, 1.54) is 0 Å². The summed E-state index contributed by atoms with van der Waals surface area (Å²) in [6.07, 6.45) is 1.43. The largest absolute Gasteiger partial charge is 0.466 e. The molecule has 1 unspecified atom stereocenters. The number of aryl methyl sites for hydroxylation is 3. The molecule has 31 heavy (non-hydrogen) atoms. The Labute approximate surface area is 181 Å². The number of pyridine rings is 1. The van der Waals surface area contributed by atoms with Crippen LogP contribution in [-0.2, 0) is 16.6 Å². The van der Waals surface area contributed by atoms with Gasteiger partial charge in [0.25, 0.3) is 5.91 Å². The summed E-state index contributed by atoms with van der Waals surface area (Å²) in [5.41, 5.74) is 3.58. The number of nitrogens with one attached hydrogen (secondary N) is 1. The van der Waals surface area contributed by atoms with Crippen molar-refractivity contribution in [1.82, 2.24) is 25.0 Å². The molecule has 8 heteroatoms. The van der Waals surface area contributed by atoms with E-state index in [0.717, 1.165) is 40.8 Å². The van der Waals surface area contributed by atoms with Crippen molar-refractivity contribution in [3.63, 3.8) is 0 Å². The van der Waals surface area contributed by atoms with Crippen molar-refractivity contribution < 1.29 is 14.3 Å². The fraction of sp³-hybridized carbons (Fsp3) is 0.391. The van der Waals surface area contributed by atoms with E-state index in [4.69, 9.17) is 4.74 Å². The highest BCUT2D eigenvalue weighted by molar-refractivity contribution is 5.86. The summed E-state index contributed by atoms with van der Waals surface area (Å²) in [5, 5.41) is 8.22. The lowest BCUT2D eigenvalue weighted by Crippen LogP contribution is -2.40. The summed E-state index contributed by atoms with van der Waals surface area (Å²) in [7, 11) is 1.81. The molecule has 8 nitrogen and oxygen atoms in total. The van der Waals surface area contributed by atoms with Crippen molar-refractivity contribution in [3.05, 3.63) is 53.2 Å². The Morgan fingerprint density at radius 3 is 2.74 bits per heavy atom. The molecule has 4 rings (SSSR count). The van der Waals surface area contributed by atoms with Crippen molar-refractivity contribution >= 4 is 22.8 Å². The van der Waals surface area contributed by atoms with Crippen LogP contribution in [0.25, 0.3) is 11.0 Å². The molecule has 1 atom stereocenters. The second-order valence-electron chi connectivity index (χ2n) is 7.97. The number of fused-ring (bicyclic) bond motifs is 1. The molecule has 1 aliphatic rings. The van der Waals surface area contributed by atoms with E-state index >= 15 is 0 Å². The van der Waals surface area contributed by atoms with Gasteiger partial charge in [-0.2, -0.15) is 0 Å². The van der Waals surface area contributed by atoms with Gasteiger partial charge in [0.2, 0.25) is 11.8 Å². The van der Waals surface area contributed by atoms with Crippen LogP contribution in [0.15, 0.2) is 36.4 Å². The van der Waals surface area contributed by atoms with Crippen LogP contribution in [0.5, 0.6) is 5.88 Å². The average Bonchev–Trinajstić information content (AvgIpc) is 3.29. The maximum absolute atomic E-state index is 12.7. The molecule has 2 amide bonds. The number of benzene rings is 1. The molecule has 1 saturated heterocycles. The van der Waals surface area contributed by atoms with Crippen molar-refractivity contribution in [1.29, 1.82) is 0 Å². The molecular formula is C23H27N5O3. The zero-order chi connectivity index (χ0) is 22.0. The van der Waals surface area contributed by atoms with Gasteiger partial charge < -0.3 is 15.0 Å². The first-order valence-electron chi connectivity index (χ1n) is 10.5. The van der Waals surface area contributed by atoms with Crippen LogP contribution in [0.2, 0.25) is 0 Å². The molecule has 162 valence electrons. The topological polar surface area (TPSA) is 89.4 Å². The molecule has 1 aromatic carbocycles. The highest BCUT2D eigenvalue weighted by Gasteiger charge is 2.25. The molecule has 0 aliphatic carbocycles. The molecule has 0 spiro atoms. The number of nitrogens with zero attached hydrogens (tertiary/aromatic N) is 4. The molecule has 0 bridgehead atoms. The first kappa shape index (κ1) is 20.8. The van der Waals surface area contributed by atoms with Crippen LogP contribution < -0.4 is 10.1 Å². The number of aromatic nitrogens is 3. The van der Waals surface area contributed by atoms with Crippen molar-refractivity contribution in [2.45, 2.75) is 32.7 Å². The second-order valence-corrected chi connectivity index (χ2v) is 7.97. The molecule has 1 N–H and O–H groups in total. The summed E-state index contributed by atoms with van der Waals surface area (Å²) in [4.78, 5) is 31.2. The Hall–Kier alpha value is -3.42. The van der Waals surface area contributed by atoms with Crippen molar-refractivity contribution in [2.24, 2.45) is 7.05 Å². The monoisotopic (exact) mass is 421 g/mol. The lowest BCUT2D eigenvalue weighted by atomic mass is 10.1. The van der Waals surface area contributed by atoms with Crippen molar-refractivity contribution in [3.8, 4) is 5.88 Å². The highest BCUT2D eigenvalue weighted by atomic mass is 16.5. The molecule has 3 aromatic rings. The van der Waals surface area contributed by atoms with E-state index in [-0.39, 0.29) is 24.5 Å². The van der Waals surface area contributed by atoms with Crippen LogP contribution in [0.4, 0.5) is 0 Å². The van der Waals surface area contributed by atoms with Crippen LogP contribution in [0.3, 0.4) is 0 Å². The quantitative estimate of drug-likeness (QED) is 0.633. The number of ether oxygens (including phenoxy) is 1. The second kappa shape index (κ2) is 8.75. The Bertz CT molecular complexity index is 1110. The first-order valence-corrected chi connectivity index (χ1v) is 10.5. The maximum atomic E-state index is 12.7. The molecular weight excluding hydrogens is 394 g/mol. The minimum Gasteiger partial charge on any atom is -0.466 e. The Balaban J connectivity index is 1.47. The van der Waals surface area contributed by atoms with Gasteiger partial charge in [0.15, 0.2) is 12.3 Å². The van der Waals surface area contributed by atoms with E-state index in [1.807, 2.05) is 55.1 Å². The van der Waals surface area contributed by atoms with E-state index < -0.39 is 0 Å². The number of carbonyl (C=O) groups excluding carboxylic acids is 2. The van der Waals surface area contributed by atoms with Crippen molar-refractivity contribution in [2.75, 3.05) is 19.7 Å². The Kier molecular flexibility index (Phi) is 5.88. The van der Waals surface area contributed by atoms with Gasteiger partial charge in [0.1, 0.15) is 0 Å². The Morgan fingerprint density at radius 2 is 2.03 bits per heavy atom. The number of likely N-dealkylation sites (tertiary alicyclic amines) is 1. The predicted molar refractivity (Wildman–Crippen MR) is 117 cm³/mol. The summed E-state index contributed by atoms with van der Waals surface area (Å²) in [5.74, 6) is 0.255.